The van der Waals surface area contributed by atoms with Gasteiger partial charge in [0.2, 0.25) is 0 Å². The van der Waals surface area contributed by atoms with E-state index in [1.807, 2.05) is 0 Å². The van der Waals surface area contributed by atoms with Crippen molar-refractivity contribution in [1.82, 2.24) is 0 Å². The zero-order chi connectivity index (χ0) is 64.1. The molecule has 0 aromatic heterocycles. The van der Waals surface area contributed by atoms with E-state index in [1.54, 1.807) is 0 Å². The Morgan fingerprint density at radius 3 is 0.193 bits per heavy atom. The minimum absolute atomic E-state index is 0. The molecular weight excluding hydrogens is 1090 g/mol. The summed E-state index contributed by atoms with van der Waals surface area (Å²) in [6.07, 6.45) is 0. The molecule has 0 unspecified atom stereocenters. The third-order valence-corrected chi connectivity index (χ3v) is 20.6. The van der Waals surface area contributed by atoms with Gasteiger partial charge in [0, 0.05) is 0 Å². The normalized spacial score (nSPS) is 11.1. The highest BCUT2D eigenvalue weighted by Crippen LogP contribution is 2.04. The average Bonchev–Trinajstić information content (AvgIpc) is 3.47. The van der Waals surface area contributed by atoms with Crippen LogP contribution in [0.1, 0.15) is 187 Å². The van der Waals surface area contributed by atoms with Crippen LogP contribution in [0.3, 0.4) is 0 Å². The Morgan fingerprint density at radius 2 is 0.193 bits per heavy atom. The molecule has 0 saturated carbocycles. The van der Waals surface area contributed by atoms with Gasteiger partial charge in [0.25, 0.3) is 0 Å². The van der Waals surface area contributed by atoms with Crippen molar-refractivity contribution in [1.29, 1.82) is 0 Å². The highest BCUT2D eigenvalue weighted by molar-refractivity contribution is 7.40. The van der Waals surface area contributed by atoms with Crippen LogP contribution in [0.2, 0.25) is 0 Å². The van der Waals surface area contributed by atoms with Gasteiger partial charge < -0.3 is 87.8 Å². The third-order valence-electron chi connectivity index (χ3n) is 20.6. The van der Waals surface area contributed by atoms with Crippen molar-refractivity contribution in [2.45, 2.75) is 187 Å². The fourth-order valence-corrected chi connectivity index (χ4v) is 6.04. The van der Waals surface area contributed by atoms with Gasteiger partial charge in [-0.05, 0) is 187 Å². The second-order valence-corrected chi connectivity index (χ2v) is 24.5. The molecule has 0 aromatic rings. The molecule has 0 saturated heterocycles. The number of phosphoric acid groups is 1. The van der Waals surface area contributed by atoms with Gasteiger partial charge in [0.1, 0.15) is 0 Å². The maximum atomic E-state index is 8.55. The van der Waals surface area contributed by atoms with Gasteiger partial charge in [-0.15, -0.1) is 0 Å². The van der Waals surface area contributed by atoms with E-state index in [9.17, 15) is 0 Å². The maximum absolute atomic E-state index is 8.55. The summed E-state index contributed by atoms with van der Waals surface area (Å²) in [6, 6.07) is 0. The molecule has 0 fully saturated rings. The molecule has 0 aromatic carbocycles. The lowest BCUT2D eigenvalue weighted by molar-refractivity contribution is -0.904. The Balaban J connectivity index is -0.0000000427. The molecule has 0 aliphatic rings. The minimum Gasteiger partial charge on any atom is -1.00 e. The molecule has 0 aliphatic heterocycles. The van der Waals surface area contributed by atoms with E-state index >= 15 is 0 Å². The number of halogens is 6. The van der Waals surface area contributed by atoms with E-state index in [1.165, 1.54) is 217 Å². The first-order chi connectivity index (χ1) is 35.1. The van der Waals surface area contributed by atoms with Gasteiger partial charge in [-0.1, -0.05) is 0 Å². The first-order valence-corrected chi connectivity index (χ1v) is 33.8. The van der Waals surface area contributed by atoms with Crippen LogP contribution in [0.25, 0.3) is 0 Å². The monoisotopic (exact) mass is 1250 g/mol. The Morgan fingerprint density at radius 1 is 0.169 bits per heavy atom. The smallest absolute Gasteiger partial charge is 0.0755 e. The van der Waals surface area contributed by atoms with Crippen LogP contribution in [0.4, 0.5) is 0 Å². The SMILES string of the molecule is CC[N+](C)(CC)CC.CC[N+](C)(CC)CC.CC[N+](C)(CC)CC.CC[N+](C)(CC)CC.CC[N+](C)(CC)CC.CC[N+](C)(CC)CC.CC[N+](C)(CC)CC.CC[N+](C)(CC)CC.CC[N+](C)(CC)CC.O=P([O-])([O-])[O-].[F-].[F-].[F-].[F-].[F-].[F-]. The van der Waals surface area contributed by atoms with Crippen LogP contribution in [0.15, 0.2) is 0 Å². The molecule has 0 radical (unpaired) electrons. The quantitative estimate of drug-likeness (QED) is 0.0466. The molecule has 0 atom stereocenters. The lowest BCUT2D eigenvalue weighted by Crippen LogP contribution is -3.00. The molecule has 13 nitrogen and oxygen atoms in total. The predicted molar refractivity (Wildman–Crippen MR) is 348 cm³/mol. The molecule has 83 heavy (non-hydrogen) atoms. The lowest BCUT2D eigenvalue weighted by atomic mass is 10.4. The van der Waals surface area contributed by atoms with Crippen molar-refractivity contribution in [3.63, 3.8) is 0 Å². The Kier molecular flexibility index (Phi) is 105. The van der Waals surface area contributed by atoms with Crippen molar-refractivity contribution in [3.05, 3.63) is 0 Å². The lowest BCUT2D eigenvalue weighted by Gasteiger charge is -2.36. The van der Waals surface area contributed by atoms with E-state index in [2.05, 4.69) is 250 Å². The van der Waals surface area contributed by atoms with E-state index in [0.29, 0.717) is 0 Å². The summed E-state index contributed by atoms with van der Waals surface area (Å²) < 4.78 is 19.4. The average molecular weight is 1260 g/mol. The molecule has 20 heteroatoms. The molecular formula is C63H162F6N9O4P. The number of rotatable bonds is 27. The molecule has 0 spiro atoms. The Bertz CT molecular complexity index is 880. The van der Waals surface area contributed by atoms with Crippen molar-refractivity contribution < 1.29 is 87.8 Å². The summed E-state index contributed by atoms with van der Waals surface area (Å²) in [6.45, 7) is 94.5. The first-order valence-electron chi connectivity index (χ1n) is 32.4. The highest BCUT2D eigenvalue weighted by Gasteiger charge is 2.16. The number of quaternary nitrogens is 9. The molecule has 0 N–H and O–H groups in total. The van der Waals surface area contributed by atoms with E-state index in [0.717, 1.165) is 0 Å². The summed E-state index contributed by atoms with van der Waals surface area (Å²) in [4.78, 5) is 25.6. The number of hydrogen-bond acceptors (Lipinski definition) is 4. The summed E-state index contributed by atoms with van der Waals surface area (Å²) in [5.74, 6) is 0. The van der Waals surface area contributed by atoms with Gasteiger partial charge in [-0.25, -0.2) is 0 Å². The van der Waals surface area contributed by atoms with Crippen molar-refractivity contribution in [3.8, 4) is 0 Å². The summed E-state index contributed by atoms with van der Waals surface area (Å²) in [5.41, 5.74) is 0. The van der Waals surface area contributed by atoms with Gasteiger partial charge in [0.15, 0.2) is 0 Å². The Hall–Kier alpha value is -0.670. The third kappa shape index (κ3) is 79.3. The van der Waals surface area contributed by atoms with Crippen molar-refractivity contribution >= 4 is 7.82 Å². The van der Waals surface area contributed by atoms with E-state index in [4.69, 9.17) is 19.2 Å². The molecule has 0 amide bonds. The van der Waals surface area contributed by atoms with Gasteiger partial charge in [0.05, 0.1) is 240 Å². The standard InChI is InChI=1S/9C7H18N.6FH.H3O4P/c9*1-5-8(4,6-2)7-3;;;;;;;1-5(2,3)4/h9*5-7H2,1-4H3;6*1H;(H3,1,2,3,4)/q9*+1;;;;;;;/p-9. The van der Waals surface area contributed by atoms with Gasteiger partial charge in [-0.3, -0.25) is 0 Å². The second-order valence-electron chi connectivity index (χ2n) is 23.6. The van der Waals surface area contributed by atoms with Gasteiger partial charge in [-0.2, -0.15) is 7.82 Å². The largest absolute Gasteiger partial charge is 1.00 e. The Labute approximate surface area is 520 Å². The second kappa shape index (κ2) is 70.4. The zero-order valence-electron chi connectivity index (χ0n) is 63.5. The molecule has 0 bridgehead atoms. The van der Waals surface area contributed by atoms with Crippen LogP contribution >= 0.6 is 7.82 Å². The van der Waals surface area contributed by atoms with E-state index in [-0.39, 0.29) is 28.2 Å². The number of nitrogens with zero attached hydrogens (tertiary/aromatic N) is 9. The van der Waals surface area contributed by atoms with Crippen molar-refractivity contribution in [2.75, 3.05) is 240 Å². The fraction of sp³-hybridized carbons (Fsp3) is 1.00. The minimum atomic E-state index is -5.39. The zero-order valence-corrected chi connectivity index (χ0v) is 64.4. The van der Waals surface area contributed by atoms with Crippen LogP contribution < -0.4 is 42.9 Å². The van der Waals surface area contributed by atoms with E-state index < -0.39 is 7.82 Å². The van der Waals surface area contributed by atoms with Crippen molar-refractivity contribution in [2.24, 2.45) is 0 Å². The fourth-order valence-electron chi connectivity index (χ4n) is 6.04. The summed E-state index contributed by atoms with van der Waals surface area (Å²) >= 11 is 0. The van der Waals surface area contributed by atoms with Crippen LogP contribution in [-0.2, 0) is 4.57 Å². The first kappa shape index (κ1) is 124. The predicted octanol–water partition coefficient (Wildman–Crippen LogP) is -7.37. The molecule has 530 valence electrons. The summed E-state index contributed by atoms with van der Waals surface area (Å²) in [7, 11) is 15.2. The van der Waals surface area contributed by atoms with Gasteiger partial charge >= 0.3 is 0 Å². The maximum Gasteiger partial charge on any atom is 0.0755 e. The molecule has 0 heterocycles. The molecule has 0 rings (SSSR count). The van der Waals surface area contributed by atoms with Crippen LogP contribution in [0.5, 0.6) is 0 Å². The van der Waals surface area contributed by atoms with Crippen LogP contribution in [0, 0.1) is 0 Å². The summed E-state index contributed by atoms with van der Waals surface area (Å²) in [5, 5.41) is 0. The topological polar surface area (TPSA) is 86.2 Å². The number of hydrogen-bond donors (Lipinski definition) is 0. The highest BCUT2D eigenvalue weighted by atomic mass is 31.2. The van der Waals surface area contributed by atoms with Crippen LogP contribution in [-0.4, -0.2) is 280 Å². The molecule has 0 aliphatic carbocycles.